The summed E-state index contributed by atoms with van der Waals surface area (Å²) in [6.07, 6.45) is 5.18. The molecule has 0 amide bonds. The summed E-state index contributed by atoms with van der Waals surface area (Å²) < 4.78 is 7.77. The molecule has 0 saturated heterocycles. The summed E-state index contributed by atoms with van der Waals surface area (Å²) >= 11 is 0. The summed E-state index contributed by atoms with van der Waals surface area (Å²) in [7, 11) is 0. The Hall–Kier alpha value is -0.800. The molecular formula is C13H21NO2. The average Bonchev–Trinajstić information content (AvgIpc) is 2.63. The number of fused-ring (bicyclic) bond motifs is 1. The Morgan fingerprint density at radius 3 is 3.12 bits per heavy atom. The third-order valence-corrected chi connectivity index (χ3v) is 3.15. The van der Waals surface area contributed by atoms with Crippen molar-refractivity contribution >= 4 is 0 Å². The SMILES string of the molecule is CC(C)OCCn1ccc2c1CCCC2O. The standard InChI is InChI=1S/C13H21NO2/c1-10(2)16-9-8-14-7-6-11-12(14)4-3-5-13(11)15/h6-7,10,13,15H,3-5,8-9H2,1-2H3. The molecule has 16 heavy (non-hydrogen) atoms. The minimum absolute atomic E-state index is 0.254. The van der Waals surface area contributed by atoms with Crippen LogP contribution >= 0.6 is 0 Å². The Morgan fingerprint density at radius 1 is 1.56 bits per heavy atom. The summed E-state index contributed by atoms with van der Waals surface area (Å²) in [5.74, 6) is 0. The zero-order valence-corrected chi connectivity index (χ0v) is 10.1. The number of hydrogen-bond acceptors (Lipinski definition) is 2. The Bertz CT molecular complexity index is 344. The summed E-state index contributed by atoms with van der Waals surface area (Å²) in [4.78, 5) is 0. The van der Waals surface area contributed by atoms with Gasteiger partial charge in [0.05, 0.1) is 18.8 Å². The van der Waals surface area contributed by atoms with Crippen molar-refractivity contribution in [1.82, 2.24) is 4.57 Å². The van der Waals surface area contributed by atoms with Crippen molar-refractivity contribution < 1.29 is 9.84 Å². The molecule has 1 aromatic heterocycles. The molecule has 1 atom stereocenters. The van der Waals surface area contributed by atoms with E-state index in [-0.39, 0.29) is 12.2 Å². The number of aliphatic hydroxyl groups is 1. The molecule has 1 unspecified atom stereocenters. The van der Waals surface area contributed by atoms with Gasteiger partial charge in [0.25, 0.3) is 0 Å². The number of ether oxygens (including phenoxy) is 1. The van der Waals surface area contributed by atoms with Gasteiger partial charge in [0, 0.05) is 24.0 Å². The van der Waals surface area contributed by atoms with E-state index < -0.39 is 0 Å². The second-order valence-corrected chi connectivity index (χ2v) is 4.74. The quantitative estimate of drug-likeness (QED) is 0.849. The van der Waals surface area contributed by atoms with Gasteiger partial charge >= 0.3 is 0 Å². The fraction of sp³-hybridized carbons (Fsp3) is 0.692. The normalized spacial score (nSPS) is 20.1. The van der Waals surface area contributed by atoms with E-state index in [9.17, 15) is 5.11 Å². The molecule has 1 N–H and O–H groups in total. The van der Waals surface area contributed by atoms with Crippen molar-refractivity contribution in [2.24, 2.45) is 0 Å². The topological polar surface area (TPSA) is 34.4 Å². The molecular weight excluding hydrogens is 202 g/mol. The first-order valence-corrected chi connectivity index (χ1v) is 6.16. The maximum absolute atomic E-state index is 9.84. The van der Waals surface area contributed by atoms with E-state index in [2.05, 4.69) is 30.7 Å². The van der Waals surface area contributed by atoms with Gasteiger partial charge in [0.15, 0.2) is 0 Å². The molecule has 90 valence electrons. The number of nitrogens with zero attached hydrogens (tertiary/aromatic N) is 1. The van der Waals surface area contributed by atoms with E-state index in [0.29, 0.717) is 0 Å². The Morgan fingerprint density at radius 2 is 2.38 bits per heavy atom. The largest absolute Gasteiger partial charge is 0.388 e. The summed E-state index contributed by atoms with van der Waals surface area (Å²) in [5, 5.41) is 9.84. The molecule has 0 bridgehead atoms. The van der Waals surface area contributed by atoms with Gasteiger partial charge in [0.2, 0.25) is 0 Å². The van der Waals surface area contributed by atoms with Crippen molar-refractivity contribution in [3.63, 3.8) is 0 Å². The fourth-order valence-corrected chi connectivity index (χ4v) is 2.33. The molecule has 3 heteroatoms. The highest BCUT2D eigenvalue weighted by molar-refractivity contribution is 5.27. The zero-order chi connectivity index (χ0) is 11.5. The van der Waals surface area contributed by atoms with Crippen molar-refractivity contribution in [2.75, 3.05) is 6.61 Å². The number of hydrogen-bond donors (Lipinski definition) is 1. The van der Waals surface area contributed by atoms with Gasteiger partial charge in [-0.1, -0.05) is 0 Å². The van der Waals surface area contributed by atoms with Crippen LogP contribution in [0.4, 0.5) is 0 Å². The molecule has 0 fully saturated rings. The van der Waals surface area contributed by atoms with Crippen molar-refractivity contribution in [2.45, 2.75) is 51.9 Å². The molecule has 2 rings (SSSR count). The van der Waals surface area contributed by atoms with Crippen LogP contribution in [0.15, 0.2) is 12.3 Å². The molecule has 1 aromatic rings. The summed E-state index contributed by atoms with van der Waals surface area (Å²) in [6.45, 7) is 5.73. The molecule has 0 saturated carbocycles. The van der Waals surface area contributed by atoms with Crippen LogP contribution in [-0.2, 0) is 17.7 Å². The highest BCUT2D eigenvalue weighted by Crippen LogP contribution is 2.30. The third kappa shape index (κ3) is 2.47. The van der Waals surface area contributed by atoms with Crippen LogP contribution in [0.2, 0.25) is 0 Å². The molecule has 0 spiro atoms. The minimum Gasteiger partial charge on any atom is -0.388 e. The van der Waals surface area contributed by atoms with E-state index in [1.165, 1.54) is 5.69 Å². The Kier molecular flexibility index (Phi) is 3.66. The van der Waals surface area contributed by atoms with Gasteiger partial charge in [0.1, 0.15) is 0 Å². The second-order valence-electron chi connectivity index (χ2n) is 4.74. The van der Waals surface area contributed by atoms with E-state index in [4.69, 9.17) is 4.74 Å². The predicted molar refractivity (Wildman–Crippen MR) is 63.4 cm³/mol. The van der Waals surface area contributed by atoms with Crippen LogP contribution in [0.3, 0.4) is 0 Å². The van der Waals surface area contributed by atoms with Gasteiger partial charge in [-0.2, -0.15) is 0 Å². The van der Waals surface area contributed by atoms with Crippen LogP contribution in [0.1, 0.15) is 44.1 Å². The fourth-order valence-electron chi connectivity index (χ4n) is 2.33. The molecule has 0 aliphatic heterocycles. The summed E-state index contributed by atoms with van der Waals surface area (Å²) in [6, 6.07) is 2.05. The van der Waals surface area contributed by atoms with Crippen LogP contribution in [-0.4, -0.2) is 22.4 Å². The van der Waals surface area contributed by atoms with Crippen LogP contribution in [0.25, 0.3) is 0 Å². The highest BCUT2D eigenvalue weighted by Gasteiger charge is 2.20. The summed E-state index contributed by atoms with van der Waals surface area (Å²) in [5.41, 5.74) is 2.42. The Labute approximate surface area is 97.0 Å². The zero-order valence-electron chi connectivity index (χ0n) is 10.1. The maximum atomic E-state index is 9.84. The Balaban J connectivity index is 2.00. The van der Waals surface area contributed by atoms with Crippen LogP contribution < -0.4 is 0 Å². The predicted octanol–water partition coefficient (Wildman–Crippen LogP) is 2.28. The molecule has 3 nitrogen and oxygen atoms in total. The van der Waals surface area contributed by atoms with E-state index in [1.807, 2.05) is 0 Å². The van der Waals surface area contributed by atoms with Gasteiger partial charge in [-0.3, -0.25) is 0 Å². The molecule has 1 heterocycles. The van der Waals surface area contributed by atoms with Gasteiger partial charge in [-0.25, -0.2) is 0 Å². The van der Waals surface area contributed by atoms with Gasteiger partial charge in [-0.15, -0.1) is 0 Å². The first kappa shape index (κ1) is 11.7. The monoisotopic (exact) mass is 223 g/mol. The molecule has 1 aliphatic carbocycles. The van der Waals surface area contributed by atoms with Crippen LogP contribution in [0.5, 0.6) is 0 Å². The van der Waals surface area contributed by atoms with E-state index in [1.54, 1.807) is 0 Å². The second kappa shape index (κ2) is 5.02. The van der Waals surface area contributed by atoms with E-state index in [0.717, 1.165) is 38.0 Å². The molecule has 0 aromatic carbocycles. The lowest BCUT2D eigenvalue weighted by Crippen LogP contribution is -2.15. The number of aromatic nitrogens is 1. The third-order valence-electron chi connectivity index (χ3n) is 3.15. The first-order chi connectivity index (χ1) is 7.68. The average molecular weight is 223 g/mol. The molecule has 0 radical (unpaired) electrons. The van der Waals surface area contributed by atoms with Crippen molar-refractivity contribution in [3.05, 3.63) is 23.5 Å². The van der Waals surface area contributed by atoms with Gasteiger partial charge < -0.3 is 14.4 Å². The van der Waals surface area contributed by atoms with E-state index >= 15 is 0 Å². The molecule has 1 aliphatic rings. The smallest absolute Gasteiger partial charge is 0.0807 e. The minimum atomic E-state index is -0.254. The highest BCUT2D eigenvalue weighted by atomic mass is 16.5. The first-order valence-electron chi connectivity index (χ1n) is 6.16. The lowest BCUT2D eigenvalue weighted by molar-refractivity contribution is 0.0720. The van der Waals surface area contributed by atoms with Crippen molar-refractivity contribution in [1.29, 1.82) is 0 Å². The number of aliphatic hydroxyl groups excluding tert-OH is 1. The van der Waals surface area contributed by atoms with Crippen molar-refractivity contribution in [3.8, 4) is 0 Å². The maximum Gasteiger partial charge on any atom is 0.0807 e. The lowest BCUT2D eigenvalue weighted by atomic mass is 9.95. The van der Waals surface area contributed by atoms with Gasteiger partial charge in [-0.05, 0) is 39.2 Å². The van der Waals surface area contributed by atoms with Crippen LogP contribution in [0, 0.1) is 0 Å². The lowest BCUT2D eigenvalue weighted by Gasteiger charge is -2.20. The number of rotatable bonds is 4.